The molecule has 1 saturated heterocycles. The number of nitrogens with two attached hydrogens (primary N) is 1. The van der Waals surface area contributed by atoms with Crippen molar-refractivity contribution in [1.29, 1.82) is 0 Å². The van der Waals surface area contributed by atoms with E-state index in [2.05, 4.69) is 0 Å². The molecule has 1 aliphatic heterocycles. The van der Waals surface area contributed by atoms with Crippen LogP contribution in [0.15, 0.2) is 23.1 Å². The highest BCUT2D eigenvalue weighted by molar-refractivity contribution is 7.89. The van der Waals surface area contributed by atoms with Crippen LogP contribution < -0.4 is 5.73 Å². The van der Waals surface area contributed by atoms with Crippen molar-refractivity contribution in [2.24, 2.45) is 5.73 Å². The molecule has 1 aromatic rings. The first-order valence-electron chi connectivity index (χ1n) is 5.12. The Morgan fingerprint density at radius 1 is 1.47 bits per heavy atom. The predicted molar refractivity (Wildman–Crippen MR) is 62.8 cm³/mol. The summed E-state index contributed by atoms with van der Waals surface area (Å²) in [5, 5.41) is 0.166. The van der Waals surface area contributed by atoms with E-state index in [1.54, 1.807) is 0 Å². The molecule has 0 unspecified atom stereocenters. The molecule has 1 fully saturated rings. The molecular formula is C10H12ClFN2O2S. The average molecular weight is 279 g/mol. The maximum absolute atomic E-state index is 13.6. The van der Waals surface area contributed by atoms with Crippen molar-refractivity contribution >= 4 is 21.6 Å². The molecule has 0 bridgehead atoms. The van der Waals surface area contributed by atoms with E-state index in [9.17, 15) is 12.8 Å². The molecule has 2 N–H and O–H groups in total. The molecule has 0 saturated carbocycles. The summed E-state index contributed by atoms with van der Waals surface area (Å²) in [7, 11) is -3.80. The fourth-order valence-electron chi connectivity index (χ4n) is 1.80. The zero-order chi connectivity index (χ0) is 12.6. The number of rotatable bonds is 2. The Morgan fingerprint density at radius 2 is 2.18 bits per heavy atom. The van der Waals surface area contributed by atoms with Crippen molar-refractivity contribution in [1.82, 2.24) is 4.31 Å². The highest BCUT2D eigenvalue weighted by Gasteiger charge is 2.32. The quantitative estimate of drug-likeness (QED) is 0.884. The molecule has 1 atom stereocenters. The Kier molecular flexibility index (Phi) is 3.40. The summed E-state index contributed by atoms with van der Waals surface area (Å²) in [6.07, 6.45) is 0.592. The normalized spacial score (nSPS) is 21.9. The molecule has 2 rings (SSSR count). The first kappa shape index (κ1) is 12.8. The van der Waals surface area contributed by atoms with E-state index in [0.717, 1.165) is 6.07 Å². The van der Waals surface area contributed by atoms with Crippen LogP contribution in [-0.4, -0.2) is 31.9 Å². The van der Waals surface area contributed by atoms with E-state index < -0.39 is 15.8 Å². The smallest absolute Gasteiger partial charge is 0.246 e. The fourth-order valence-corrected chi connectivity index (χ4v) is 3.51. The zero-order valence-corrected chi connectivity index (χ0v) is 10.5. The van der Waals surface area contributed by atoms with Crippen LogP contribution in [-0.2, 0) is 10.0 Å². The number of benzene rings is 1. The van der Waals surface area contributed by atoms with E-state index in [-0.39, 0.29) is 22.5 Å². The third-order valence-electron chi connectivity index (χ3n) is 2.70. The molecule has 0 radical (unpaired) electrons. The Balaban J connectivity index is 2.38. The van der Waals surface area contributed by atoms with Gasteiger partial charge in [0.05, 0.1) is 0 Å². The Bertz CT molecular complexity index is 535. The van der Waals surface area contributed by atoms with E-state index in [1.165, 1.54) is 16.4 Å². The highest BCUT2D eigenvalue weighted by Crippen LogP contribution is 2.24. The lowest BCUT2D eigenvalue weighted by atomic mass is 10.3. The molecule has 0 aliphatic carbocycles. The van der Waals surface area contributed by atoms with Gasteiger partial charge in [-0.25, -0.2) is 12.8 Å². The lowest BCUT2D eigenvalue weighted by molar-refractivity contribution is 0.465. The minimum absolute atomic E-state index is 0.166. The van der Waals surface area contributed by atoms with Crippen LogP contribution in [0.5, 0.6) is 0 Å². The maximum atomic E-state index is 13.6. The Morgan fingerprint density at radius 3 is 2.71 bits per heavy atom. The third-order valence-corrected chi connectivity index (χ3v) is 4.83. The van der Waals surface area contributed by atoms with Gasteiger partial charge in [0.2, 0.25) is 10.0 Å². The summed E-state index contributed by atoms with van der Waals surface area (Å²) in [4.78, 5) is -0.351. The van der Waals surface area contributed by atoms with Gasteiger partial charge < -0.3 is 5.73 Å². The predicted octanol–water partition coefficient (Wildman–Crippen LogP) is 1.20. The van der Waals surface area contributed by atoms with E-state index in [0.29, 0.717) is 13.0 Å². The van der Waals surface area contributed by atoms with E-state index in [4.69, 9.17) is 17.3 Å². The lowest BCUT2D eigenvalue weighted by Gasteiger charge is -2.16. The lowest BCUT2D eigenvalue weighted by Crippen LogP contribution is -2.32. The van der Waals surface area contributed by atoms with E-state index >= 15 is 0 Å². The SMILES string of the molecule is N[C@@H]1CCN(S(=O)(=O)c2ccc(Cl)cc2F)C1. The van der Waals surface area contributed by atoms with Crippen LogP contribution >= 0.6 is 11.6 Å². The molecule has 0 spiro atoms. The van der Waals surface area contributed by atoms with Gasteiger partial charge in [-0.2, -0.15) is 4.31 Å². The van der Waals surface area contributed by atoms with Crippen LogP contribution in [0.3, 0.4) is 0 Å². The van der Waals surface area contributed by atoms with Gasteiger partial charge in [-0.3, -0.25) is 0 Å². The largest absolute Gasteiger partial charge is 0.326 e. The number of nitrogens with zero attached hydrogens (tertiary/aromatic N) is 1. The van der Waals surface area contributed by atoms with Crippen molar-refractivity contribution in [3.63, 3.8) is 0 Å². The van der Waals surface area contributed by atoms with Gasteiger partial charge in [-0.05, 0) is 24.6 Å². The van der Waals surface area contributed by atoms with Gasteiger partial charge in [-0.1, -0.05) is 11.6 Å². The molecule has 0 amide bonds. The number of sulfonamides is 1. The van der Waals surface area contributed by atoms with E-state index in [1.807, 2.05) is 0 Å². The molecule has 0 aromatic heterocycles. The van der Waals surface area contributed by atoms with Gasteiger partial charge in [0, 0.05) is 24.2 Å². The minimum Gasteiger partial charge on any atom is -0.326 e. The molecule has 1 aromatic carbocycles. The number of halogens is 2. The number of hydrogen-bond acceptors (Lipinski definition) is 3. The summed E-state index contributed by atoms with van der Waals surface area (Å²) in [6, 6.07) is 3.34. The minimum atomic E-state index is -3.80. The summed E-state index contributed by atoms with van der Waals surface area (Å²) in [5.74, 6) is -0.835. The second-order valence-corrected chi connectivity index (χ2v) is 6.33. The number of hydrogen-bond donors (Lipinski definition) is 1. The molecule has 17 heavy (non-hydrogen) atoms. The monoisotopic (exact) mass is 278 g/mol. The third kappa shape index (κ3) is 2.44. The molecule has 7 heteroatoms. The average Bonchev–Trinajstić information content (AvgIpc) is 2.64. The van der Waals surface area contributed by atoms with Crippen LogP contribution in [0.25, 0.3) is 0 Å². The topological polar surface area (TPSA) is 63.4 Å². The summed E-state index contributed by atoms with van der Waals surface area (Å²) >= 11 is 5.58. The summed E-state index contributed by atoms with van der Waals surface area (Å²) < 4.78 is 39.0. The van der Waals surface area contributed by atoms with Crippen LogP contribution in [0.1, 0.15) is 6.42 Å². The first-order chi connectivity index (χ1) is 7.91. The molecule has 4 nitrogen and oxygen atoms in total. The van der Waals surface area contributed by atoms with Crippen LogP contribution in [0.2, 0.25) is 5.02 Å². The van der Waals surface area contributed by atoms with Crippen molar-refractivity contribution in [3.8, 4) is 0 Å². The molecule has 94 valence electrons. The van der Waals surface area contributed by atoms with Crippen molar-refractivity contribution in [2.45, 2.75) is 17.4 Å². The van der Waals surface area contributed by atoms with Gasteiger partial charge in [-0.15, -0.1) is 0 Å². The van der Waals surface area contributed by atoms with Crippen LogP contribution in [0.4, 0.5) is 4.39 Å². The second kappa shape index (κ2) is 4.53. The van der Waals surface area contributed by atoms with Crippen molar-refractivity contribution < 1.29 is 12.8 Å². The van der Waals surface area contributed by atoms with Gasteiger partial charge in [0.15, 0.2) is 0 Å². The highest BCUT2D eigenvalue weighted by atomic mass is 35.5. The zero-order valence-electron chi connectivity index (χ0n) is 8.94. The fraction of sp³-hybridized carbons (Fsp3) is 0.400. The van der Waals surface area contributed by atoms with Crippen molar-refractivity contribution in [2.75, 3.05) is 13.1 Å². The summed E-state index contributed by atoms with van der Waals surface area (Å²) in [5.41, 5.74) is 5.64. The standard InChI is InChI=1S/C10H12ClFN2O2S/c11-7-1-2-10(9(12)5-7)17(15,16)14-4-3-8(13)6-14/h1-2,5,8H,3-4,6,13H2/t8-/m1/s1. The Hall–Kier alpha value is -0.690. The second-order valence-electron chi connectivity index (χ2n) is 3.99. The van der Waals surface area contributed by atoms with Crippen molar-refractivity contribution in [3.05, 3.63) is 29.0 Å². The Labute approximate surface area is 104 Å². The van der Waals surface area contributed by atoms with Gasteiger partial charge >= 0.3 is 0 Å². The molecular weight excluding hydrogens is 267 g/mol. The summed E-state index contributed by atoms with van der Waals surface area (Å²) in [6.45, 7) is 0.552. The van der Waals surface area contributed by atoms with Crippen LogP contribution in [0, 0.1) is 5.82 Å². The van der Waals surface area contributed by atoms with Gasteiger partial charge in [0.1, 0.15) is 10.7 Å². The first-order valence-corrected chi connectivity index (χ1v) is 6.94. The maximum Gasteiger partial charge on any atom is 0.246 e. The molecule has 1 aliphatic rings. The van der Waals surface area contributed by atoms with Gasteiger partial charge in [0.25, 0.3) is 0 Å². The molecule has 1 heterocycles.